The molecule has 154 valence electrons. The van der Waals surface area contributed by atoms with Crippen LogP contribution in [0.15, 0.2) is 47.4 Å². The number of nitrogens with zero attached hydrogens (tertiary/aromatic N) is 3. The van der Waals surface area contributed by atoms with Gasteiger partial charge in [-0.25, -0.2) is 0 Å². The van der Waals surface area contributed by atoms with E-state index in [9.17, 15) is 9.59 Å². The molecule has 0 radical (unpaired) electrons. The summed E-state index contributed by atoms with van der Waals surface area (Å²) in [6.45, 7) is 6.26. The smallest absolute Gasteiger partial charge is 0.275 e. The van der Waals surface area contributed by atoms with Gasteiger partial charge in [0, 0.05) is 31.4 Å². The Morgan fingerprint density at radius 1 is 1.03 bits per heavy atom. The molecule has 1 aliphatic heterocycles. The lowest BCUT2D eigenvalue weighted by Crippen LogP contribution is -2.45. The number of likely N-dealkylation sites (tertiary alicyclic amines) is 1. The summed E-state index contributed by atoms with van der Waals surface area (Å²) in [4.78, 5) is 28.0. The summed E-state index contributed by atoms with van der Waals surface area (Å²) in [5, 5.41) is 3.00. The molecule has 0 aliphatic carbocycles. The van der Waals surface area contributed by atoms with E-state index in [1.165, 1.54) is 19.3 Å². The van der Waals surface area contributed by atoms with Crippen LogP contribution in [-0.4, -0.2) is 44.9 Å². The number of hydrogen-bond donors (Lipinski definition) is 1. The number of rotatable bonds is 6. The summed E-state index contributed by atoms with van der Waals surface area (Å²) in [6.07, 6.45) is 6.63. The average molecular weight is 395 g/mol. The van der Waals surface area contributed by atoms with Gasteiger partial charge >= 0.3 is 0 Å². The highest BCUT2D eigenvalue weighted by Gasteiger charge is 2.23. The first-order chi connectivity index (χ1) is 14.1. The molecule has 1 amide bonds. The monoisotopic (exact) mass is 394 g/mol. The lowest BCUT2D eigenvalue weighted by atomic mass is 9.97. The van der Waals surface area contributed by atoms with Crippen LogP contribution < -0.4 is 10.9 Å². The summed E-state index contributed by atoms with van der Waals surface area (Å²) in [7, 11) is 0. The van der Waals surface area contributed by atoms with Crippen LogP contribution in [0.25, 0.3) is 16.6 Å². The average Bonchev–Trinajstić information content (AvgIpc) is 3.20. The summed E-state index contributed by atoms with van der Waals surface area (Å²) in [6, 6.07) is 12.6. The van der Waals surface area contributed by atoms with Gasteiger partial charge in [0.2, 0.25) is 5.91 Å². The van der Waals surface area contributed by atoms with Crippen molar-refractivity contribution in [2.24, 2.45) is 0 Å². The Bertz CT molecular complexity index is 1060. The van der Waals surface area contributed by atoms with Gasteiger partial charge in [-0.2, -0.15) is 0 Å². The molecule has 6 heteroatoms. The Kier molecular flexibility index (Phi) is 5.72. The number of carbonyl (C=O) groups excluding carboxylic acids is 1. The first-order valence-electron chi connectivity index (χ1n) is 10.7. The minimum atomic E-state index is -0.139. The maximum atomic E-state index is 12.9. The van der Waals surface area contributed by atoms with E-state index in [-0.39, 0.29) is 18.0 Å². The fourth-order valence-corrected chi connectivity index (χ4v) is 4.67. The summed E-state index contributed by atoms with van der Waals surface area (Å²) in [5.74, 6) is -0.118. The van der Waals surface area contributed by atoms with Crippen molar-refractivity contribution in [2.75, 3.05) is 13.1 Å². The van der Waals surface area contributed by atoms with Crippen LogP contribution in [-0.2, 0) is 11.3 Å². The molecular formula is C23H30N4O2. The van der Waals surface area contributed by atoms with Crippen LogP contribution in [0, 0.1) is 0 Å². The Labute approximate surface area is 171 Å². The molecule has 1 fully saturated rings. The number of carbonyl (C=O) groups is 1. The van der Waals surface area contributed by atoms with E-state index in [0.29, 0.717) is 24.1 Å². The van der Waals surface area contributed by atoms with Gasteiger partial charge < -0.3 is 9.72 Å². The quantitative estimate of drug-likeness (QED) is 0.654. The van der Waals surface area contributed by atoms with E-state index in [1.807, 2.05) is 40.9 Å². The van der Waals surface area contributed by atoms with E-state index in [2.05, 4.69) is 24.1 Å². The van der Waals surface area contributed by atoms with E-state index in [0.717, 1.165) is 24.0 Å². The Morgan fingerprint density at radius 3 is 2.48 bits per heavy atom. The van der Waals surface area contributed by atoms with Gasteiger partial charge in [0.1, 0.15) is 12.1 Å². The van der Waals surface area contributed by atoms with E-state index in [1.54, 1.807) is 10.6 Å². The number of hydrogen-bond acceptors (Lipinski definition) is 3. The molecule has 0 bridgehead atoms. The van der Waals surface area contributed by atoms with Gasteiger partial charge in [0.15, 0.2) is 0 Å². The molecule has 3 heterocycles. The van der Waals surface area contributed by atoms with Crippen molar-refractivity contribution in [3.8, 4) is 0 Å². The van der Waals surface area contributed by atoms with Crippen molar-refractivity contribution >= 4 is 22.5 Å². The predicted molar refractivity (Wildman–Crippen MR) is 116 cm³/mol. The normalized spacial score (nSPS) is 20.3. The molecule has 1 saturated heterocycles. The zero-order chi connectivity index (χ0) is 20.4. The Hall–Kier alpha value is -2.60. The number of nitrogens with one attached hydrogen (secondary N) is 1. The van der Waals surface area contributed by atoms with Crippen molar-refractivity contribution in [1.82, 2.24) is 19.2 Å². The first-order valence-corrected chi connectivity index (χ1v) is 10.7. The molecule has 2 atom stereocenters. The fourth-order valence-electron chi connectivity index (χ4n) is 4.67. The number of amides is 1. The van der Waals surface area contributed by atoms with Crippen LogP contribution >= 0.6 is 0 Å². The highest BCUT2D eigenvalue weighted by Crippen LogP contribution is 2.22. The topological polar surface area (TPSA) is 58.8 Å². The molecule has 0 unspecified atom stereocenters. The molecule has 6 nitrogen and oxygen atoms in total. The second-order valence-corrected chi connectivity index (χ2v) is 8.21. The molecule has 1 aromatic carbocycles. The van der Waals surface area contributed by atoms with Gasteiger partial charge in [0.25, 0.3) is 5.56 Å². The molecular weight excluding hydrogens is 364 g/mol. The molecule has 3 aromatic rings. The fraction of sp³-hybridized carbons (Fsp3) is 0.478. The molecule has 29 heavy (non-hydrogen) atoms. The summed E-state index contributed by atoms with van der Waals surface area (Å²) >= 11 is 0. The van der Waals surface area contributed by atoms with Gasteiger partial charge in [0.05, 0.1) is 11.0 Å². The van der Waals surface area contributed by atoms with E-state index < -0.39 is 0 Å². The van der Waals surface area contributed by atoms with Crippen LogP contribution in [0.1, 0.15) is 39.5 Å². The number of aromatic nitrogens is 2. The number of fused-ring (bicyclic) bond motifs is 3. The highest BCUT2D eigenvalue weighted by atomic mass is 16.2. The lowest BCUT2D eigenvalue weighted by Gasteiger charge is -2.39. The van der Waals surface area contributed by atoms with Gasteiger partial charge in [-0.1, -0.05) is 18.6 Å². The van der Waals surface area contributed by atoms with Crippen molar-refractivity contribution in [1.29, 1.82) is 0 Å². The predicted octanol–water partition coefficient (Wildman–Crippen LogP) is 3.02. The molecule has 2 aromatic heterocycles. The minimum Gasteiger partial charge on any atom is -0.355 e. The second kappa shape index (κ2) is 8.41. The maximum Gasteiger partial charge on any atom is 0.275 e. The van der Waals surface area contributed by atoms with Gasteiger partial charge in [-0.15, -0.1) is 0 Å². The zero-order valence-electron chi connectivity index (χ0n) is 17.3. The Balaban J connectivity index is 1.41. The molecule has 1 N–H and O–H groups in total. The lowest BCUT2D eigenvalue weighted by molar-refractivity contribution is -0.121. The van der Waals surface area contributed by atoms with Crippen molar-refractivity contribution in [3.63, 3.8) is 0 Å². The van der Waals surface area contributed by atoms with Crippen molar-refractivity contribution < 1.29 is 4.79 Å². The van der Waals surface area contributed by atoms with E-state index >= 15 is 0 Å². The summed E-state index contributed by atoms with van der Waals surface area (Å²) in [5.41, 5.74) is 2.14. The number of benzene rings is 1. The first kappa shape index (κ1) is 19.7. The largest absolute Gasteiger partial charge is 0.355 e. The summed E-state index contributed by atoms with van der Waals surface area (Å²) < 4.78 is 3.46. The molecule has 0 spiro atoms. The standard InChI is InChI=1S/C23H30N4O2/c1-17-8-5-9-18(2)25(17)15-7-13-24-22(28)16-27-20-11-4-3-10-19(20)26-14-6-12-21(26)23(27)29/h3-4,6,10-12,14,17-18H,5,7-9,13,15-16H2,1-2H3,(H,24,28)/t17-,18+. The maximum absolute atomic E-state index is 12.9. The highest BCUT2D eigenvalue weighted by molar-refractivity contribution is 5.82. The Morgan fingerprint density at radius 2 is 1.72 bits per heavy atom. The van der Waals surface area contributed by atoms with Crippen LogP contribution in [0.4, 0.5) is 0 Å². The number of para-hydroxylation sites is 2. The zero-order valence-corrected chi connectivity index (χ0v) is 17.3. The van der Waals surface area contributed by atoms with E-state index in [4.69, 9.17) is 0 Å². The van der Waals surface area contributed by atoms with Gasteiger partial charge in [-0.3, -0.25) is 19.1 Å². The van der Waals surface area contributed by atoms with Crippen LogP contribution in [0.3, 0.4) is 0 Å². The third-order valence-corrected chi connectivity index (χ3v) is 6.24. The van der Waals surface area contributed by atoms with Crippen molar-refractivity contribution in [3.05, 3.63) is 52.9 Å². The minimum absolute atomic E-state index is 0.0392. The number of piperidine rings is 1. The SMILES string of the molecule is C[C@@H]1CCC[C@H](C)N1CCCNC(=O)Cn1c(=O)c2cccn2c2ccccc21. The van der Waals surface area contributed by atoms with Crippen molar-refractivity contribution in [2.45, 2.75) is 58.2 Å². The second-order valence-electron chi connectivity index (χ2n) is 8.21. The third kappa shape index (κ3) is 3.94. The molecule has 1 aliphatic rings. The van der Waals surface area contributed by atoms with Crippen LogP contribution in [0.5, 0.6) is 0 Å². The third-order valence-electron chi connectivity index (χ3n) is 6.24. The molecule has 4 rings (SSSR count). The van der Waals surface area contributed by atoms with Crippen LogP contribution in [0.2, 0.25) is 0 Å². The molecule has 0 saturated carbocycles. The van der Waals surface area contributed by atoms with Gasteiger partial charge in [-0.05, 0) is 57.4 Å².